The summed E-state index contributed by atoms with van der Waals surface area (Å²) in [5, 5.41) is 19.8. The number of pyridine rings is 1. The summed E-state index contributed by atoms with van der Waals surface area (Å²) in [7, 11) is 0. The molecule has 3 aromatic rings. The van der Waals surface area contributed by atoms with Crippen LogP contribution in [0.15, 0.2) is 48.7 Å². The quantitative estimate of drug-likeness (QED) is 0.725. The minimum absolute atomic E-state index is 0.623. The molecule has 0 radical (unpaired) electrons. The minimum atomic E-state index is 0.623. The highest BCUT2D eigenvalue weighted by Crippen LogP contribution is 2.29. The Labute approximate surface area is 150 Å². The molecule has 1 aromatic carbocycles. The molecule has 0 unspecified atom stereocenters. The van der Waals surface area contributed by atoms with Gasteiger partial charge in [-0.3, -0.25) is 0 Å². The number of hydrogen-bond acceptors (Lipinski definition) is 7. The van der Waals surface area contributed by atoms with Gasteiger partial charge in [0.25, 0.3) is 0 Å². The first-order chi connectivity index (χ1) is 12.3. The van der Waals surface area contributed by atoms with Crippen LogP contribution in [0.3, 0.4) is 0 Å². The molecule has 1 fully saturated rings. The molecule has 0 spiro atoms. The number of hydrogen-bond donors (Lipinski definition) is 0. The summed E-state index contributed by atoms with van der Waals surface area (Å²) in [6.45, 7) is 3.30. The second-order valence-electron chi connectivity index (χ2n) is 5.72. The van der Waals surface area contributed by atoms with Crippen molar-refractivity contribution in [2.24, 2.45) is 0 Å². The standard InChI is InChI=1S/C18H16N6S/c19-13-15-7-4-8-20-16(15)23-9-11-24(12-10-23)18-22-21-17(25-18)14-5-2-1-3-6-14/h1-8H,9-12H2. The third kappa shape index (κ3) is 3.16. The van der Waals surface area contributed by atoms with Crippen molar-refractivity contribution in [3.63, 3.8) is 0 Å². The van der Waals surface area contributed by atoms with Crippen LogP contribution in [0.25, 0.3) is 10.6 Å². The molecule has 1 aliphatic heterocycles. The zero-order chi connectivity index (χ0) is 17.1. The van der Waals surface area contributed by atoms with E-state index in [1.165, 1.54) is 0 Å². The lowest BCUT2D eigenvalue weighted by Gasteiger charge is -2.35. The van der Waals surface area contributed by atoms with Crippen LogP contribution in [0.2, 0.25) is 0 Å². The van der Waals surface area contributed by atoms with E-state index < -0.39 is 0 Å². The first-order valence-electron chi connectivity index (χ1n) is 8.09. The molecule has 0 amide bonds. The molecule has 7 heteroatoms. The van der Waals surface area contributed by atoms with E-state index in [2.05, 4.69) is 31.1 Å². The Kier molecular flexibility index (Phi) is 4.27. The van der Waals surface area contributed by atoms with E-state index in [0.717, 1.165) is 47.7 Å². The zero-order valence-corrected chi connectivity index (χ0v) is 14.4. The van der Waals surface area contributed by atoms with Crippen LogP contribution >= 0.6 is 11.3 Å². The van der Waals surface area contributed by atoms with Crippen LogP contribution in [-0.4, -0.2) is 41.4 Å². The fourth-order valence-electron chi connectivity index (χ4n) is 2.89. The number of benzene rings is 1. The lowest BCUT2D eigenvalue weighted by atomic mass is 10.2. The smallest absolute Gasteiger partial charge is 0.208 e. The van der Waals surface area contributed by atoms with Crippen molar-refractivity contribution in [3.05, 3.63) is 54.2 Å². The number of nitrogens with zero attached hydrogens (tertiary/aromatic N) is 6. The summed E-state index contributed by atoms with van der Waals surface area (Å²) in [6, 6.07) is 15.9. The number of anilines is 2. The molecular weight excluding hydrogens is 332 g/mol. The van der Waals surface area contributed by atoms with Gasteiger partial charge >= 0.3 is 0 Å². The molecule has 0 bridgehead atoms. The molecule has 1 aliphatic rings. The Morgan fingerprint density at radius 1 is 0.920 bits per heavy atom. The second kappa shape index (κ2) is 6.87. The average Bonchev–Trinajstić information content (AvgIpc) is 3.19. The van der Waals surface area contributed by atoms with Crippen LogP contribution in [0.1, 0.15) is 5.56 Å². The van der Waals surface area contributed by atoms with E-state index >= 15 is 0 Å². The average molecular weight is 348 g/mol. The molecule has 0 aliphatic carbocycles. The zero-order valence-electron chi connectivity index (χ0n) is 13.5. The minimum Gasteiger partial charge on any atom is -0.352 e. The van der Waals surface area contributed by atoms with Crippen molar-refractivity contribution in [1.29, 1.82) is 5.26 Å². The van der Waals surface area contributed by atoms with E-state index in [9.17, 15) is 5.26 Å². The third-order valence-electron chi connectivity index (χ3n) is 4.19. The molecule has 2 aromatic heterocycles. The Morgan fingerprint density at radius 2 is 1.68 bits per heavy atom. The SMILES string of the molecule is N#Cc1cccnc1N1CCN(c2nnc(-c3ccccc3)s2)CC1. The summed E-state index contributed by atoms with van der Waals surface area (Å²) in [5.74, 6) is 0.770. The van der Waals surface area contributed by atoms with Gasteiger partial charge in [0.1, 0.15) is 16.9 Å². The van der Waals surface area contributed by atoms with E-state index in [0.29, 0.717) is 5.56 Å². The lowest BCUT2D eigenvalue weighted by Crippen LogP contribution is -2.47. The molecular formula is C18H16N6S. The largest absolute Gasteiger partial charge is 0.352 e. The summed E-state index contributed by atoms with van der Waals surface area (Å²) >= 11 is 1.61. The molecule has 3 heterocycles. The Morgan fingerprint density at radius 3 is 2.44 bits per heavy atom. The normalized spacial score (nSPS) is 14.4. The van der Waals surface area contributed by atoms with Crippen molar-refractivity contribution < 1.29 is 0 Å². The Balaban J connectivity index is 1.46. The Bertz CT molecular complexity index is 893. The van der Waals surface area contributed by atoms with Gasteiger partial charge in [0.15, 0.2) is 0 Å². The number of aromatic nitrogens is 3. The highest BCUT2D eigenvalue weighted by atomic mass is 32.1. The monoisotopic (exact) mass is 348 g/mol. The van der Waals surface area contributed by atoms with Gasteiger partial charge in [-0.1, -0.05) is 41.7 Å². The van der Waals surface area contributed by atoms with Gasteiger partial charge in [0.05, 0.1) is 5.56 Å². The van der Waals surface area contributed by atoms with Gasteiger partial charge in [0.2, 0.25) is 5.13 Å². The van der Waals surface area contributed by atoms with Gasteiger partial charge in [0, 0.05) is 37.9 Å². The molecule has 0 atom stereocenters. The first kappa shape index (κ1) is 15.5. The molecule has 25 heavy (non-hydrogen) atoms. The van der Waals surface area contributed by atoms with E-state index in [-0.39, 0.29) is 0 Å². The molecule has 4 rings (SSSR count). The van der Waals surface area contributed by atoms with Crippen LogP contribution in [0.4, 0.5) is 10.9 Å². The van der Waals surface area contributed by atoms with Gasteiger partial charge < -0.3 is 9.80 Å². The first-order valence-corrected chi connectivity index (χ1v) is 8.91. The molecule has 1 saturated heterocycles. The summed E-state index contributed by atoms with van der Waals surface area (Å²) < 4.78 is 0. The highest BCUT2D eigenvalue weighted by molar-refractivity contribution is 7.18. The van der Waals surface area contributed by atoms with Crippen molar-refractivity contribution in [2.75, 3.05) is 36.0 Å². The van der Waals surface area contributed by atoms with Crippen molar-refractivity contribution >= 4 is 22.3 Å². The summed E-state index contributed by atoms with van der Waals surface area (Å²) in [6.07, 6.45) is 1.74. The number of rotatable bonds is 3. The predicted octanol–water partition coefficient (Wildman–Crippen LogP) is 2.80. The highest BCUT2D eigenvalue weighted by Gasteiger charge is 2.22. The second-order valence-corrected chi connectivity index (χ2v) is 6.67. The lowest BCUT2D eigenvalue weighted by molar-refractivity contribution is 0.643. The predicted molar refractivity (Wildman–Crippen MR) is 98.7 cm³/mol. The van der Waals surface area contributed by atoms with E-state index in [1.807, 2.05) is 36.4 Å². The van der Waals surface area contributed by atoms with Gasteiger partial charge in [-0.25, -0.2) is 4.98 Å². The van der Waals surface area contributed by atoms with Crippen molar-refractivity contribution in [1.82, 2.24) is 15.2 Å². The number of nitriles is 1. The maximum Gasteiger partial charge on any atom is 0.208 e. The van der Waals surface area contributed by atoms with Crippen LogP contribution in [0, 0.1) is 11.3 Å². The molecule has 0 saturated carbocycles. The maximum absolute atomic E-state index is 9.25. The Hall–Kier alpha value is -2.98. The van der Waals surface area contributed by atoms with Gasteiger partial charge in [-0.15, -0.1) is 10.2 Å². The molecule has 124 valence electrons. The van der Waals surface area contributed by atoms with Crippen LogP contribution < -0.4 is 9.80 Å². The fourth-order valence-corrected chi connectivity index (χ4v) is 3.79. The van der Waals surface area contributed by atoms with E-state index in [1.54, 1.807) is 23.6 Å². The topological polar surface area (TPSA) is 68.9 Å². The summed E-state index contributed by atoms with van der Waals surface area (Å²) in [4.78, 5) is 8.78. The fraction of sp³-hybridized carbons (Fsp3) is 0.222. The van der Waals surface area contributed by atoms with Crippen molar-refractivity contribution in [2.45, 2.75) is 0 Å². The van der Waals surface area contributed by atoms with Gasteiger partial charge in [-0.05, 0) is 12.1 Å². The van der Waals surface area contributed by atoms with Crippen LogP contribution in [-0.2, 0) is 0 Å². The van der Waals surface area contributed by atoms with Crippen molar-refractivity contribution in [3.8, 4) is 16.6 Å². The molecule has 6 nitrogen and oxygen atoms in total. The van der Waals surface area contributed by atoms with E-state index in [4.69, 9.17) is 0 Å². The molecule has 0 N–H and O–H groups in total. The van der Waals surface area contributed by atoms with Crippen LogP contribution in [0.5, 0.6) is 0 Å². The third-order valence-corrected chi connectivity index (χ3v) is 5.23. The maximum atomic E-state index is 9.25. The summed E-state index contributed by atoms with van der Waals surface area (Å²) in [5.41, 5.74) is 1.72. The number of piperazine rings is 1. The van der Waals surface area contributed by atoms with Gasteiger partial charge in [-0.2, -0.15) is 5.26 Å².